The Kier molecular flexibility index (Phi) is 4.95. The van der Waals surface area contributed by atoms with Gasteiger partial charge in [-0.2, -0.15) is 11.8 Å². The van der Waals surface area contributed by atoms with Crippen LogP contribution in [0.4, 0.5) is 0 Å². The Bertz CT molecular complexity index is 511. The van der Waals surface area contributed by atoms with E-state index in [9.17, 15) is 4.79 Å². The van der Waals surface area contributed by atoms with Crippen molar-refractivity contribution in [3.8, 4) is 0 Å². The molecule has 0 aliphatic carbocycles. The highest BCUT2D eigenvalue weighted by Crippen LogP contribution is 2.33. The van der Waals surface area contributed by atoms with Crippen LogP contribution in [0.25, 0.3) is 0 Å². The molecule has 0 saturated carbocycles. The number of thioether (sulfide) groups is 1. The van der Waals surface area contributed by atoms with Crippen LogP contribution < -0.4 is 5.32 Å². The average Bonchev–Trinajstić information content (AvgIpc) is 3.04. The number of carbonyl (C=O) groups is 1. The molecule has 0 aromatic carbocycles. The lowest BCUT2D eigenvalue weighted by Crippen LogP contribution is -2.59. The number of aryl methyl sites for hydroxylation is 1. The molecule has 3 rings (SSSR count). The molecule has 1 amide bonds. The maximum Gasteiger partial charge on any atom is 0.271 e. The van der Waals surface area contributed by atoms with Gasteiger partial charge in [-0.1, -0.05) is 0 Å². The smallest absolute Gasteiger partial charge is 0.271 e. The molecular weight excluding hydrogens is 300 g/mol. The van der Waals surface area contributed by atoms with E-state index in [1.165, 1.54) is 6.20 Å². The predicted molar refractivity (Wildman–Crippen MR) is 86.2 cm³/mol. The molecule has 1 N–H and O–H groups in total. The first-order valence-electron chi connectivity index (χ1n) is 7.67. The number of aromatic nitrogens is 2. The van der Waals surface area contributed by atoms with E-state index in [1.54, 1.807) is 6.20 Å². The van der Waals surface area contributed by atoms with Gasteiger partial charge in [0.1, 0.15) is 5.69 Å². The fraction of sp³-hybridized carbons (Fsp3) is 0.667. The van der Waals surface area contributed by atoms with Gasteiger partial charge in [0, 0.05) is 37.1 Å². The van der Waals surface area contributed by atoms with Gasteiger partial charge in [0.2, 0.25) is 0 Å². The first-order valence-corrected chi connectivity index (χ1v) is 8.82. The zero-order chi connectivity index (χ0) is 15.4. The highest BCUT2D eigenvalue weighted by molar-refractivity contribution is 7.99. The minimum atomic E-state index is -0.142. The topological polar surface area (TPSA) is 67.4 Å². The zero-order valence-electron chi connectivity index (χ0n) is 12.9. The quantitative estimate of drug-likeness (QED) is 0.881. The van der Waals surface area contributed by atoms with Crippen molar-refractivity contribution in [2.24, 2.45) is 0 Å². The van der Waals surface area contributed by atoms with E-state index < -0.39 is 0 Å². The average molecular weight is 322 g/mol. The molecule has 7 heteroatoms. The van der Waals surface area contributed by atoms with Gasteiger partial charge in [0.05, 0.1) is 25.1 Å². The molecule has 3 heterocycles. The molecule has 2 saturated heterocycles. The molecule has 2 fully saturated rings. The summed E-state index contributed by atoms with van der Waals surface area (Å²) in [6.07, 6.45) is 4.27. The van der Waals surface area contributed by atoms with Crippen LogP contribution in [0.2, 0.25) is 0 Å². The molecule has 0 bridgehead atoms. The lowest BCUT2D eigenvalue weighted by Gasteiger charge is -2.43. The number of morpholine rings is 1. The van der Waals surface area contributed by atoms with Gasteiger partial charge in [0.25, 0.3) is 5.91 Å². The standard InChI is InChI=1S/C15H22N4O2S/c1-12-8-17-13(9-16-12)14(20)18-10-15(2-7-22-11-15)19-3-5-21-6-4-19/h8-9H,2-7,10-11H2,1H3,(H,18,20)/t15-/m0/s1. The van der Waals surface area contributed by atoms with Crippen molar-refractivity contribution >= 4 is 17.7 Å². The van der Waals surface area contributed by atoms with Crippen molar-refractivity contribution < 1.29 is 9.53 Å². The van der Waals surface area contributed by atoms with E-state index in [-0.39, 0.29) is 11.4 Å². The second-order valence-corrected chi connectivity index (χ2v) is 6.96. The number of hydrogen-bond acceptors (Lipinski definition) is 6. The SMILES string of the molecule is Cc1cnc(C(=O)NC[C@@]2(N3CCOCC3)CCSC2)cn1. The van der Waals surface area contributed by atoms with Crippen molar-refractivity contribution in [2.75, 3.05) is 44.4 Å². The van der Waals surface area contributed by atoms with E-state index in [2.05, 4.69) is 20.2 Å². The molecule has 0 radical (unpaired) electrons. The van der Waals surface area contributed by atoms with Gasteiger partial charge in [-0.05, 0) is 19.1 Å². The summed E-state index contributed by atoms with van der Waals surface area (Å²) in [4.78, 5) is 23.0. The fourth-order valence-corrected chi connectivity index (χ4v) is 4.46. The molecule has 22 heavy (non-hydrogen) atoms. The highest BCUT2D eigenvalue weighted by Gasteiger charge is 2.40. The van der Waals surface area contributed by atoms with Crippen molar-refractivity contribution in [1.82, 2.24) is 20.2 Å². The van der Waals surface area contributed by atoms with Gasteiger partial charge in [-0.3, -0.25) is 14.7 Å². The molecule has 2 aliphatic rings. The zero-order valence-corrected chi connectivity index (χ0v) is 13.7. The maximum atomic E-state index is 12.3. The third kappa shape index (κ3) is 3.42. The molecule has 0 spiro atoms. The summed E-state index contributed by atoms with van der Waals surface area (Å²) in [5.74, 6) is 2.07. The number of nitrogens with zero attached hydrogens (tertiary/aromatic N) is 3. The highest BCUT2D eigenvalue weighted by atomic mass is 32.2. The number of amides is 1. The van der Waals surface area contributed by atoms with Crippen LogP contribution in [0.3, 0.4) is 0 Å². The molecule has 0 unspecified atom stereocenters. The monoisotopic (exact) mass is 322 g/mol. The maximum absolute atomic E-state index is 12.3. The van der Waals surface area contributed by atoms with E-state index in [1.807, 2.05) is 18.7 Å². The van der Waals surface area contributed by atoms with Gasteiger partial charge in [0.15, 0.2) is 0 Å². The Labute approximate surface area is 135 Å². The minimum Gasteiger partial charge on any atom is -0.379 e. The number of rotatable bonds is 4. The van der Waals surface area contributed by atoms with Gasteiger partial charge >= 0.3 is 0 Å². The largest absolute Gasteiger partial charge is 0.379 e. The fourth-order valence-electron chi connectivity index (χ4n) is 2.98. The molecule has 1 aromatic rings. The second-order valence-electron chi connectivity index (χ2n) is 5.85. The van der Waals surface area contributed by atoms with E-state index in [4.69, 9.17) is 4.74 Å². The second kappa shape index (κ2) is 6.93. The van der Waals surface area contributed by atoms with E-state index in [0.717, 1.165) is 49.9 Å². The Morgan fingerprint density at radius 3 is 2.86 bits per heavy atom. The molecule has 6 nitrogen and oxygen atoms in total. The van der Waals surface area contributed by atoms with E-state index >= 15 is 0 Å². The summed E-state index contributed by atoms with van der Waals surface area (Å²) in [6.45, 7) is 5.97. The van der Waals surface area contributed by atoms with Gasteiger partial charge < -0.3 is 10.1 Å². The Balaban J connectivity index is 1.64. The van der Waals surface area contributed by atoms with Crippen LogP contribution in [0.15, 0.2) is 12.4 Å². The first kappa shape index (κ1) is 15.7. The molecule has 2 aliphatic heterocycles. The van der Waals surface area contributed by atoms with Gasteiger partial charge in [-0.15, -0.1) is 0 Å². The summed E-state index contributed by atoms with van der Waals surface area (Å²) >= 11 is 1.96. The van der Waals surface area contributed by atoms with Crippen molar-refractivity contribution in [1.29, 1.82) is 0 Å². The van der Waals surface area contributed by atoms with Crippen LogP contribution in [0.1, 0.15) is 22.6 Å². The summed E-state index contributed by atoms with van der Waals surface area (Å²) in [5, 5.41) is 3.06. The van der Waals surface area contributed by atoms with Crippen molar-refractivity contribution in [2.45, 2.75) is 18.9 Å². The summed E-state index contributed by atoms with van der Waals surface area (Å²) < 4.78 is 5.46. The Hall–Kier alpha value is -1.18. The molecule has 1 atom stereocenters. The Morgan fingerprint density at radius 2 is 2.23 bits per heavy atom. The number of nitrogens with one attached hydrogen (secondary N) is 1. The summed E-state index contributed by atoms with van der Waals surface area (Å²) in [7, 11) is 0. The normalized spacial score (nSPS) is 26.0. The van der Waals surface area contributed by atoms with Crippen molar-refractivity contribution in [3.05, 3.63) is 23.8 Å². The summed E-state index contributed by atoms with van der Waals surface area (Å²) in [5.41, 5.74) is 1.25. The number of ether oxygens (including phenoxy) is 1. The van der Waals surface area contributed by atoms with Crippen LogP contribution in [0.5, 0.6) is 0 Å². The van der Waals surface area contributed by atoms with E-state index in [0.29, 0.717) is 12.2 Å². The number of hydrogen-bond donors (Lipinski definition) is 1. The van der Waals surface area contributed by atoms with Crippen LogP contribution in [-0.2, 0) is 4.74 Å². The van der Waals surface area contributed by atoms with Crippen molar-refractivity contribution in [3.63, 3.8) is 0 Å². The molecular formula is C15H22N4O2S. The van der Waals surface area contributed by atoms with Crippen LogP contribution in [0, 0.1) is 6.92 Å². The lowest BCUT2D eigenvalue weighted by atomic mass is 9.95. The van der Waals surface area contributed by atoms with Crippen LogP contribution >= 0.6 is 11.8 Å². The third-order valence-electron chi connectivity index (χ3n) is 4.36. The molecule has 1 aromatic heterocycles. The first-order chi connectivity index (χ1) is 10.7. The lowest BCUT2D eigenvalue weighted by molar-refractivity contribution is -0.0129. The number of carbonyl (C=O) groups excluding carboxylic acids is 1. The van der Waals surface area contributed by atoms with Gasteiger partial charge in [-0.25, -0.2) is 4.98 Å². The van der Waals surface area contributed by atoms with Crippen LogP contribution in [-0.4, -0.2) is 70.7 Å². The molecule has 120 valence electrons. The third-order valence-corrected chi connectivity index (χ3v) is 5.59. The summed E-state index contributed by atoms with van der Waals surface area (Å²) in [6, 6.07) is 0. The minimum absolute atomic E-state index is 0.0578. The predicted octanol–water partition coefficient (Wildman–Crippen LogP) is 0.723. The Morgan fingerprint density at radius 1 is 1.41 bits per heavy atom.